The summed E-state index contributed by atoms with van der Waals surface area (Å²) in [4.78, 5) is 0. The van der Waals surface area contributed by atoms with Crippen molar-refractivity contribution in [3.8, 4) is 0 Å². The van der Waals surface area contributed by atoms with Crippen LogP contribution in [0.3, 0.4) is 0 Å². The summed E-state index contributed by atoms with van der Waals surface area (Å²) in [6.07, 6.45) is 7.60. The van der Waals surface area contributed by atoms with Crippen LogP contribution in [0.2, 0.25) is 0 Å². The van der Waals surface area contributed by atoms with E-state index in [1.54, 1.807) is 6.42 Å². The fourth-order valence-electron chi connectivity index (χ4n) is 6.44. The van der Waals surface area contributed by atoms with Crippen molar-refractivity contribution in [3.63, 3.8) is 0 Å². The highest BCUT2D eigenvalue weighted by Crippen LogP contribution is 2.52. The first-order valence-corrected chi connectivity index (χ1v) is 10.9. The molecule has 0 spiro atoms. The van der Waals surface area contributed by atoms with Crippen molar-refractivity contribution in [2.45, 2.75) is 44.2 Å². The van der Waals surface area contributed by atoms with Crippen molar-refractivity contribution in [2.24, 2.45) is 23.7 Å². The fraction of sp³-hybridized carbons (Fsp3) is 0.520. The van der Waals surface area contributed by atoms with E-state index >= 15 is 0 Å². The van der Waals surface area contributed by atoms with Crippen LogP contribution in [0.15, 0.2) is 60.7 Å². The zero-order chi connectivity index (χ0) is 18.1. The van der Waals surface area contributed by atoms with Crippen LogP contribution >= 0.6 is 0 Å². The molecule has 2 aromatic rings. The molecule has 2 N–H and O–H groups in total. The zero-order valence-corrected chi connectivity index (χ0v) is 16.2. The Kier molecular flexibility index (Phi) is 5.02. The van der Waals surface area contributed by atoms with E-state index in [9.17, 15) is 0 Å². The average molecular weight is 363 g/mol. The van der Waals surface area contributed by atoms with Crippen molar-refractivity contribution in [2.75, 3.05) is 13.2 Å². The van der Waals surface area contributed by atoms with Gasteiger partial charge in [0.1, 0.15) is 6.10 Å². The van der Waals surface area contributed by atoms with Crippen LogP contribution in [0.4, 0.5) is 0 Å². The van der Waals surface area contributed by atoms with Gasteiger partial charge in [-0.05, 0) is 55.1 Å². The van der Waals surface area contributed by atoms with Crippen LogP contribution in [0.5, 0.6) is 0 Å². The molecule has 0 radical (unpaired) electrons. The second-order valence-corrected chi connectivity index (χ2v) is 9.10. The lowest BCUT2D eigenvalue weighted by Gasteiger charge is -2.52. The van der Waals surface area contributed by atoms with E-state index in [0.29, 0.717) is 0 Å². The van der Waals surface area contributed by atoms with Crippen LogP contribution in [0, 0.1) is 23.7 Å². The van der Waals surface area contributed by atoms with Gasteiger partial charge in [-0.3, -0.25) is 0 Å². The summed E-state index contributed by atoms with van der Waals surface area (Å²) in [6, 6.07) is 22.2. The molecular weight excluding hydrogens is 330 g/mol. The molecule has 0 aliphatic heterocycles. The summed E-state index contributed by atoms with van der Waals surface area (Å²) >= 11 is 0. The summed E-state index contributed by atoms with van der Waals surface area (Å²) in [5.41, 5.74) is 2.50. The highest BCUT2D eigenvalue weighted by molar-refractivity contribution is 5.29. The van der Waals surface area contributed by atoms with Crippen LogP contribution in [0.25, 0.3) is 0 Å². The number of rotatable bonds is 7. The predicted octanol–water partition coefficient (Wildman–Crippen LogP) is 4.18. The number of nitrogens with two attached hydrogens (primary N) is 1. The average Bonchev–Trinajstić information content (AvgIpc) is 2.70. The van der Waals surface area contributed by atoms with Gasteiger partial charge in [0.25, 0.3) is 0 Å². The van der Waals surface area contributed by atoms with Crippen molar-refractivity contribution >= 4 is 0 Å². The molecule has 0 aromatic heterocycles. The van der Waals surface area contributed by atoms with Crippen molar-refractivity contribution < 1.29 is 10.1 Å². The second kappa shape index (κ2) is 7.77. The third kappa shape index (κ3) is 3.70. The highest BCUT2D eigenvalue weighted by Gasteiger charge is 2.49. The fourth-order valence-corrected chi connectivity index (χ4v) is 6.44. The summed E-state index contributed by atoms with van der Waals surface area (Å²) < 4.78 is 6.43. The number of hydrogen-bond acceptors (Lipinski definition) is 1. The Hall–Kier alpha value is -1.64. The third-order valence-electron chi connectivity index (χ3n) is 7.35. The van der Waals surface area contributed by atoms with E-state index in [4.69, 9.17) is 4.74 Å². The minimum Gasteiger partial charge on any atom is -0.363 e. The van der Waals surface area contributed by atoms with Crippen LogP contribution in [-0.2, 0) is 4.74 Å². The van der Waals surface area contributed by atoms with E-state index in [0.717, 1.165) is 42.9 Å². The van der Waals surface area contributed by atoms with Crippen molar-refractivity contribution in [1.82, 2.24) is 0 Å². The van der Waals surface area contributed by atoms with E-state index in [-0.39, 0.29) is 6.10 Å². The highest BCUT2D eigenvalue weighted by atomic mass is 16.5. The van der Waals surface area contributed by atoms with Crippen LogP contribution in [0.1, 0.15) is 49.3 Å². The summed E-state index contributed by atoms with van der Waals surface area (Å²) in [5.74, 6) is 4.10. The van der Waals surface area contributed by atoms with Crippen LogP contribution in [-0.4, -0.2) is 19.2 Å². The largest absolute Gasteiger partial charge is 0.363 e. The minimum absolute atomic E-state index is 0.0410. The first-order chi connectivity index (χ1) is 13.4. The molecule has 4 aliphatic carbocycles. The molecule has 6 rings (SSSR count). The molecule has 0 atom stereocenters. The molecule has 2 nitrogen and oxygen atoms in total. The predicted molar refractivity (Wildman–Crippen MR) is 108 cm³/mol. The maximum Gasteiger partial charge on any atom is 0.108 e. The van der Waals surface area contributed by atoms with Crippen molar-refractivity contribution in [3.05, 3.63) is 71.8 Å². The van der Waals surface area contributed by atoms with Gasteiger partial charge in [0.15, 0.2) is 0 Å². The zero-order valence-electron chi connectivity index (χ0n) is 16.2. The Bertz CT molecular complexity index is 661. The molecule has 0 unspecified atom stereocenters. The van der Waals surface area contributed by atoms with Crippen LogP contribution < -0.4 is 5.32 Å². The Labute approximate surface area is 163 Å². The quantitative estimate of drug-likeness (QED) is 0.735. The number of benzene rings is 2. The smallest absolute Gasteiger partial charge is 0.108 e. The first-order valence-electron chi connectivity index (χ1n) is 10.9. The minimum atomic E-state index is 0.0410. The first kappa shape index (κ1) is 17.5. The number of ether oxygens (including phenoxy) is 1. The van der Waals surface area contributed by atoms with E-state index in [2.05, 4.69) is 66.0 Å². The SMILES string of the molecule is c1ccc(C(OCC[NH2+]C2C3CC4CC(C3)CC2C4)c2ccccc2)cc1. The maximum atomic E-state index is 6.43. The monoisotopic (exact) mass is 362 g/mol. The Morgan fingerprint density at radius 3 is 1.78 bits per heavy atom. The Morgan fingerprint density at radius 2 is 1.26 bits per heavy atom. The van der Waals surface area contributed by atoms with Crippen molar-refractivity contribution in [1.29, 1.82) is 0 Å². The maximum absolute atomic E-state index is 6.43. The normalized spacial score (nSPS) is 31.5. The van der Waals surface area contributed by atoms with Gasteiger partial charge in [-0.1, -0.05) is 60.7 Å². The lowest BCUT2D eigenvalue weighted by Crippen LogP contribution is -2.95. The molecule has 2 heteroatoms. The van der Waals surface area contributed by atoms with Gasteiger partial charge in [0.2, 0.25) is 0 Å². The Morgan fingerprint density at radius 1 is 0.741 bits per heavy atom. The number of quaternary nitrogens is 1. The molecule has 4 fully saturated rings. The summed E-state index contributed by atoms with van der Waals surface area (Å²) in [5, 5.41) is 2.64. The standard InChI is InChI=1S/C25H31NO/c1-3-7-20(8-4-1)25(21-9-5-2-6-10-21)27-12-11-26-24-22-14-18-13-19(16-22)17-23(24)15-18/h1-10,18-19,22-26H,11-17H2/p+1. The van der Waals surface area contributed by atoms with Gasteiger partial charge in [0.05, 0.1) is 19.2 Å². The Balaban J connectivity index is 1.19. The molecule has 0 saturated heterocycles. The molecule has 4 bridgehead atoms. The lowest BCUT2D eigenvalue weighted by atomic mass is 9.54. The number of hydrogen-bond donors (Lipinski definition) is 1. The molecule has 27 heavy (non-hydrogen) atoms. The molecule has 2 aromatic carbocycles. The van der Waals surface area contributed by atoms with Gasteiger partial charge in [-0.2, -0.15) is 0 Å². The second-order valence-electron chi connectivity index (χ2n) is 9.10. The van der Waals surface area contributed by atoms with Gasteiger partial charge in [-0.25, -0.2) is 0 Å². The van der Waals surface area contributed by atoms with Gasteiger partial charge in [-0.15, -0.1) is 0 Å². The van der Waals surface area contributed by atoms with Gasteiger partial charge >= 0.3 is 0 Å². The molecule has 0 heterocycles. The third-order valence-corrected chi connectivity index (χ3v) is 7.35. The van der Waals surface area contributed by atoms with E-state index < -0.39 is 0 Å². The molecule has 142 valence electrons. The van der Waals surface area contributed by atoms with Gasteiger partial charge < -0.3 is 10.1 Å². The van der Waals surface area contributed by atoms with Gasteiger partial charge in [0, 0.05) is 11.8 Å². The van der Waals surface area contributed by atoms with E-state index in [1.807, 2.05) is 0 Å². The lowest BCUT2D eigenvalue weighted by molar-refractivity contribution is -0.710. The molecule has 4 aliphatic rings. The summed E-state index contributed by atoms with van der Waals surface area (Å²) in [6.45, 7) is 1.90. The van der Waals surface area contributed by atoms with E-state index in [1.165, 1.54) is 36.8 Å². The molecular formula is C25H32NO+. The summed E-state index contributed by atoms with van der Waals surface area (Å²) in [7, 11) is 0. The molecule has 0 amide bonds. The topological polar surface area (TPSA) is 25.8 Å². The molecule has 4 saturated carbocycles.